The van der Waals surface area contributed by atoms with Crippen LogP contribution in [0.3, 0.4) is 0 Å². The molecular weight excluding hydrogens is 173 g/mol. The zero-order valence-electron chi connectivity index (χ0n) is 7.17. The van der Waals surface area contributed by atoms with Gasteiger partial charge in [0.15, 0.2) is 5.78 Å². The van der Waals surface area contributed by atoms with Crippen LogP contribution in [-0.4, -0.2) is 17.4 Å². The van der Waals surface area contributed by atoms with E-state index in [-0.39, 0.29) is 17.9 Å². The molecule has 0 saturated heterocycles. The molecule has 0 unspecified atom stereocenters. The van der Waals surface area contributed by atoms with Crippen molar-refractivity contribution in [3.05, 3.63) is 29.1 Å². The second kappa shape index (κ2) is 3.53. The summed E-state index contributed by atoms with van der Waals surface area (Å²) in [5.74, 6) is -1.66. The van der Waals surface area contributed by atoms with Gasteiger partial charge in [0.05, 0.1) is 12.1 Å². The second-order valence-corrected chi connectivity index (χ2v) is 2.72. The van der Waals surface area contributed by atoms with Gasteiger partial charge in [-0.15, -0.1) is 0 Å². The number of rotatable bonds is 2. The number of halogens is 1. The predicted octanol–water partition coefficient (Wildman–Crippen LogP) is 0.981. The van der Waals surface area contributed by atoms with E-state index in [4.69, 9.17) is 5.73 Å². The molecular formula is C9H10FNO2. The Bertz CT molecular complexity index is 350. The SMILES string of the molecule is Cc1ccc(F)c(C(=O)CN)c1O. The molecule has 1 aromatic carbocycles. The summed E-state index contributed by atoms with van der Waals surface area (Å²) in [5, 5.41) is 9.36. The summed E-state index contributed by atoms with van der Waals surface area (Å²) in [4.78, 5) is 11.1. The van der Waals surface area contributed by atoms with Crippen molar-refractivity contribution < 1.29 is 14.3 Å². The van der Waals surface area contributed by atoms with E-state index in [0.717, 1.165) is 6.07 Å². The smallest absolute Gasteiger partial charge is 0.183 e. The van der Waals surface area contributed by atoms with E-state index < -0.39 is 11.6 Å². The predicted molar refractivity (Wildman–Crippen MR) is 46.2 cm³/mol. The van der Waals surface area contributed by atoms with Gasteiger partial charge >= 0.3 is 0 Å². The number of phenols is 1. The van der Waals surface area contributed by atoms with E-state index in [1.54, 1.807) is 6.92 Å². The van der Waals surface area contributed by atoms with E-state index in [1.165, 1.54) is 6.07 Å². The van der Waals surface area contributed by atoms with E-state index >= 15 is 0 Å². The first-order valence-electron chi connectivity index (χ1n) is 3.79. The van der Waals surface area contributed by atoms with Crippen molar-refractivity contribution in [3.63, 3.8) is 0 Å². The van der Waals surface area contributed by atoms with Crippen molar-refractivity contribution in [3.8, 4) is 5.75 Å². The number of carbonyl (C=O) groups is 1. The molecule has 3 N–H and O–H groups in total. The van der Waals surface area contributed by atoms with Gasteiger partial charge in [-0.2, -0.15) is 0 Å². The maximum absolute atomic E-state index is 13.0. The van der Waals surface area contributed by atoms with Crippen molar-refractivity contribution in [2.24, 2.45) is 5.73 Å². The quantitative estimate of drug-likeness (QED) is 0.672. The molecule has 0 heterocycles. The van der Waals surface area contributed by atoms with Crippen LogP contribution < -0.4 is 5.73 Å². The number of hydrogen-bond acceptors (Lipinski definition) is 3. The molecule has 0 amide bonds. The highest BCUT2D eigenvalue weighted by molar-refractivity contribution is 6.00. The Kier molecular flexibility index (Phi) is 2.63. The number of aryl methyl sites for hydroxylation is 1. The third-order valence-electron chi connectivity index (χ3n) is 1.79. The molecule has 0 spiro atoms. The molecule has 70 valence electrons. The molecule has 0 saturated carbocycles. The lowest BCUT2D eigenvalue weighted by Crippen LogP contribution is -2.15. The summed E-state index contributed by atoms with van der Waals surface area (Å²) in [6, 6.07) is 2.54. The Balaban J connectivity index is 3.33. The Morgan fingerprint density at radius 2 is 2.23 bits per heavy atom. The molecule has 0 atom stereocenters. The molecule has 0 aliphatic carbocycles. The lowest BCUT2D eigenvalue weighted by molar-refractivity contribution is 0.0994. The van der Waals surface area contributed by atoms with Crippen molar-refractivity contribution in [2.45, 2.75) is 6.92 Å². The van der Waals surface area contributed by atoms with Crippen LogP contribution in [0.25, 0.3) is 0 Å². The van der Waals surface area contributed by atoms with Crippen LogP contribution in [0.15, 0.2) is 12.1 Å². The van der Waals surface area contributed by atoms with Crippen LogP contribution in [0.4, 0.5) is 4.39 Å². The zero-order valence-corrected chi connectivity index (χ0v) is 7.17. The van der Waals surface area contributed by atoms with E-state index in [9.17, 15) is 14.3 Å². The molecule has 0 fully saturated rings. The first kappa shape index (κ1) is 9.67. The molecule has 1 rings (SSSR count). The summed E-state index contributed by atoms with van der Waals surface area (Å²) in [7, 11) is 0. The van der Waals surface area contributed by atoms with E-state index in [1.807, 2.05) is 0 Å². The third kappa shape index (κ3) is 1.67. The zero-order chi connectivity index (χ0) is 10.0. The summed E-state index contributed by atoms with van der Waals surface area (Å²) in [6.07, 6.45) is 0. The number of nitrogens with two attached hydrogens (primary N) is 1. The monoisotopic (exact) mass is 183 g/mol. The standard InChI is InChI=1S/C9H10FNO2/c1-5-2-3-6(10)8(9(5)13)7(12)4-11/h2-3,13H,4,11H2,1H3. The lowest BCUT2D eigenvalue weighted by atomic mass is 10.1. The van der Waals surface area contributed by atoms with Gasteiger partial charge in [0, 0.05) is 0 Å². The largest absolute Gasteiger partial charge is 0.507 e. The van der Waals surface area contributed by atoms with Gasteiger partial charge in [-0.05, 0) is 18.6 Å². The van der Waals surface area contributed by atoms with Crippen LogP contribution in [0.5, 0.6) is 5.75 Å². The second-order valence-electron chi connectivity index (χ2n) is 2.72. The normalized spacial score (nSPS) is 10.1. The minimum atomic E-state index is -0.737. The topological polar surface area (TPSA) is 63.3 Å². The molecule has 0 radical (unpaired) electrons. The first-order valence-corrected chi connectivity index (χ1v) is 3.79. The van der Waals surface area contributed by atoms with Crippen LogP contribution in [0.1, 0.15) is 15.9 Å². The summed E-state index contributed by atoms with van der Waals surface area (Å²) in [5.41, 5.74) is 5.20. The van der Waals surface area contributed by atoms with Crippen LogP contribution in [0, 0.1) is 12.7 Å². The highest BCUT2D eigenvalue weighted by atomic mass is 19.1. The number of ketones is 1. The summed E-state index contributed by atoms with van der Waals surface area (Å²) < 4.78 is 13.0. The maximum atomic E-state index is 13.0. The Morgan fingerprint density at radius 1 is 1.62 bits per heavy atom. The minimum absolute atomic E-state index is 0.312. The summed E-state index contributed by atoms with van der Waals surface area (Å²) >= 11 is 0. The van der Waals surface area contributed by atoms with Crippen LogP contribution in [-0.2, 0) is 0 Å². The average Bonchev–Trinajstić information content (AvgIpc) is 2.12. The Morgan fingerprint density at radius 3 is 2.77 bits per heavy atom. The van der Waals surface area contributed by atoms with E-state index in [2.05, 4.69) is 0 Å². The first-order chi connectivity index (χ1) is 6.07. The van der Waals surface area contributed by atoms with Gasteiger partial charge in [0.2, 0.25) is 0 Å². The van der Waals surface area contributed by atoms with Gasteiger partial charge < -0.3 is 10.8 Å². The Hall–Kier alpha value is -1.42. The highest BCUT2D eigenvalue weighted by Gasteiger charge is 2.16. The van der Waals surface area contributed by atoms with Crippen molar-refractivity contribution in [1.82, 2.24) is 0 Å². The number of aromatic hydroxyl groups is 1. The van der Waals surface area contributed by atoms with Gasteiger partial charge in [0.1, 0.15) is 11.6 Å². The molecule has 0 aliphatic rings. The highest BCUT2D eigenvalue weighted by Crippen LogP contribution is 2.24. The summed E-state index contributed by atoms with van der Waals surface area (Å²) in [6.45, 7) is 1.27. The Labute approximate surface area is 75.0 Å². The van der Waals surface area contributed by atoms with Gasteiger partial charge in [-0.25, -0.2) is 4.39 Å². The number of benzene rings is 1. The number of Topliss-reactive ketones (excluding diaryl/α,β-unsaturated/α-hetero) is 1. The van der Waals surface area contributed by atoms with Gasteiger partial charge in [0.25, 0.3) is 0 Å². The molecule has 0 aliphatic heterocycles. The lowest BCUT2D eigenvalue weighted by Gasteiger charge is -2.05. The van der Waals surface area contributed by atoms with Crippen molar-refractivity contribution in [2.75, 3.05) is 6.54 Å². The molecule has 3 nitrogen and oxygen atoms in total. The van der Waals surface area contributed by atoms with Crippen molar-refractivity contribution in [1.29, 1.82) is 0 Å². The van der Waals surface area contributed by atoms with Crippen molar-refractivity contribution >= 4 is 5.78 Å². The number of phenolic OH excluding ortho intramolecular Hbond substituents is 1. The number of hydrogen-bond donors (Lipinski definition) is 2. The van der Waals surface area contributed by atoms with Crippen LogP contribution in [0.2, 0.25) is 0 Å². The average molecular weight is 183 g/mol. The molecule has 0 aromatic heterocycles. The van der Waals surface area contributed by atoms with Gasteiger partial charge in [-0.3, -0.25) is 4.79 Å². The molecule has 13 heavy (non-hydrogen) atoms. The maximum Gasteiger partial charge on any atom is 0.183 e. The fourth-order valence-corrected chi connectivity index (χ4v) is 1.04. The third-order valence-corrected chi connectivity index (χ3v) is 1.79. The number of carbonyl (C=O) groups excluding carboxylic acids is 1. The molecule has 1 aromatic rings. The van der Waals surface area contributed by atoms with Crippen LogP contribution >= 0.6 is 0 Å². The fraction of sp³-hybridized carbons (Fsp3) is 0.222. The molecule has 0 bridgehead atoms. The van der Waals surface area contributed by atoms with E-state index in [0.29, 0.717) is 5.56 Å². The molecule has 4 heteroatoms. The minimum Gasteiger partial charge on any atom is -0.507 e. The fourth-order valence-electron chi connectivity index (χ4n) is 1.04. The van der Waals surface area contributed by atoms with Gasteiger partial charge in [-0.1, -0.05) is 6.07 Å².